The van der Waals surface area contributed by atoms with E-state index in [0.29, 0.717) is 38.4 Å². The fourth-order valence-electron chi connectivity index (χ4n) is 2.26. The van der Waals surface area contributed by atoms with Crippen molar-refractivity contribution in [2.45, 2.75) is 19.3 Å². The number of carbonyl (C=O) groups excluding carboxylic acids is 1. The van der Waals surface area contributed by atoms with Gasteiger partial charge >= 0.3 is 5.97 Å². The van der Waals surface area contributed by atoms with Gasteiger partial charge in [0.1, 0.15) is 0 Å². The Morgan fingerprint density at radius 1 is 1.24 bits per heavy atom. The van der Waals surface area contributed by atoms with Gasteiger partial charge in [-0.15, -0.1) is 0 Å². The Balaban J connectivity index is 1.71. The van der Waals surface area contributed by atoms with Crippen LogP contribution in [0.25, 0.3) is 0 Å². The van der Waals surface area contributed by atoms with Crippen LogP contribution in [-0.4, -0.2) is 46.1 Å². The van der Waals surface area contributed by atoms with E-state index < -0.39 is 0 Å². The van der Waals surface area contributed by atoms with Gasteiger partial charge in [-0.2, -0.15) is 0 Å². The molecule has 1 aliphatic heterocycles. The number of esters is 1. The highest BCUT2D eigenvalue weighted by Crippen LogP contribution is 2.23. The van der Waals surface area contributed by atoms with E-state index in [-0.39, 0.29) is 5.97 Å². The molecule has 0 bridgehead atoms. The number of fused-ring (bicyclic) bond motifs is 1. The first kappa shape index (κ1) is 15.8. The third kappa shape index (κ3) is 5.02. The van der Waals surface area contributed by atoms with Crippen molar-refractivity contribution < 1.29 is 19.0 Å². The summed E-state index contributed by atoms with van der Waals surface area (Å²) in [5.74, 6) is -0.264. The highest BCUT2D eigenvalue weighted by atomic mass is 16.5. The van der Waals surface area contributed by atoms with Gasteiger partial charge in [0.15, 0.2) is 0 Å². The van der Waals surface area contributed by atoms with E-state index >= 15 is 0 Å². The van der Waals surface area contributed by atoms with E-state index in [9.17, 15) is 4.79 Å². The number of ether oxygens (including phenoxy) is 3. The molecule has 21 heavy (non-hydrogen) atoms. The zero-order valence-corrected chi connectivity index (χ0v) is 12.5. The van der Waals surface area contributed by atoms with Gasteiger partial charge in [0, 0.05) is 32.4 Å². The fraction of sp³-hybridized carbons (Fsp3) is 0.562. The third-order valence-electron chi connectivity index (χ3n) is 3.38. The summed E-state index contributed by atoms with van der Waals surface area (Å²) in [6, 6.07) is 5.70. The molecule has 1 N–H and O–H groups in total. The molecular weight excluding hydrogens is 270 g/mol. The summed E-state index contributed by atoms with van der Waals surface area (Å²) in [5.41, 5.74) is 2.95. The monoisotopic (exact) mass is 293 g/mol. The predicted molar refractivity (Wildman–Crippen MR) is 80.8 cm³/mol. The van der Waals surface area contributed by atoms with Gasteiger partial charge in [0.05, 0.1) is 25.4 Å². The van der Waals surface area contributed by atoms with E-state index in [2.05, 4.69) is 5.32 Å². The normalized spacial score (nSPS) is 13.4. The molecule has 0 saturated heterocycles. The van der Waals surface area contributed by atoms with E-state index in [4.69, 9.17) is 14.2 Å². The van der Waals surface area contributed by atoms with Gasteiger partial charge < -0.3 is 19.5 Å². The highest BCUT2D eigenvalue weighted by molar-refractivity contribution is 5.90. The number of methoxy groups -OCH3 is 1. The van der Waals surface area contributed by atoms with Crippen LogP contribution in [0.3, 0.4) is 0 Å². The number of benzene rings is 1. The molecule has 1 heterocycles. The van der Waals surface area contributed by atoms with E-state index in [1.807, 2.05) is 18.2 Å². The van der Waals surface area contributed by atoms with E-state index in [1.54, 1.807) is 7.11 Å². The molecule has 0 unspecified atom stereocenters. The number of carbonyl (C=O) groups is 1. The van der Waals surface area contributed by atoms with Crippen molar-refractivity contribution in [1.82, 2.24) is 0 Å². The van der Waals surface area contributed by atoms with Gasteiger partial charge in [0.2, 0.25) is 0 Å². The Morgan fingerprint density at radius 3 is 3.00 bits per heavy atom. The lowest BCUT2D eigenvalue weighted by atomic mass is 10.0. The van der Waals surface area contributed by atoms with E-state index in [0.717, 1.165) is 25.1 Å². The molecule has 1 aromatic carbocycles. The molecule has 5 heteroatoms. The smallest absolute Gasteiger partial charge is 0.338 e. The molecule has 0 radical (unpaired) electrons. The summed E-state index contributed by atoms with van der Waals surface area (Å²) in [5, 5.41) is 3.33. The molecular formula is C16H23NO4. The first-order valence-electron chi connectivity index (χ1n) is 7.42. The second kappa shape index (κ2) is 8.64. The van der Waals surface area contributed by atoms with Crippen LogP contribution in [0, 0.1) is 0 Å². The van der Waals surface area contributed by atoms with Crippen LogP contribution >= 0.6 is 0 Å². The maximum absolute atomic E-state index is 12.0. The van der Waals surface area contributed by atoms with Crippen molar-refractivity contribution in [3.8, 4) is 0 Å². The van der Waals surface area contributed by atoms with Crippen LogP contribution < -0.4 is 5.32 Å². The molecule has 1 aromatic rings. The van der Waals surface area contributed by atoms with Crippen molar-refractivity contribution in [3.05, 3.63) is 29.3 Å². The minimum Gasteiger partial charge on any atom is -0.462 e. The van der Waals surface area contributed by atoms with Crippen molar-refractivity contribution >= 4 is 11.7 Å². The molecule has 2 rings (SSSR count). The highest BCUT2D eigenvalue weighted by Gasteiger charge is 2.13. The van der Waals surface area contributed by atoms with Gasteiger partial charge in [-0.25, -0.2) is 4.79 Å². The standard InChI is InChI=1S/C16H23NO4/c1-19-10-11-20-8-3-9-21-16(18)14-5-6-15-13(12-14)4-2-7-17-15/h5-6,12,17H,2-4,7-11H2,1H3. The average Bonchev–Trinajstić information content (AvgIpc) is 2.53. The average molecular weight is 293 g/mol. The van der Waals surface area contributed by atoms with Gasteiger partial charge in [-0.3, -0.25) is 0 Å². The predicted octanol–water partition coefficient (Wildman–Crippen LogP) is 2.25. The fourth-order valence-corrected chi connectivity index (χ4v) is 2.26. The molecule has 116 valence electrons. The lowest BCUT2D eigenvalue weighted by molar-refractivity contribution is 0.0385. The maximum atomic E-state index is 12.0. The number of hydrogen-bond acceptors (Lipinski definition) is 5. The first-order valence-corrected chi connectivity index (χ1v) is 7.42. The van der Waals surface area contributed by atoms with Crippen LogP contribution in [0.2, 0.25) is 0 Å². The van der Waals surface area contributed by atoms with Crippen LogP contribution in [0.4, 0.5) is 5.69 Å². The number of hydrogen-bond donors (Lipinski definition) is 1. The van der Waals surface area contributed by atoms with Crippen LogP contribution in [0.15, 0.2) is 18.2 Å². The van der Waals surface area contributed by atoms with Crippen molar-refractivity contribution in [1.29, 1.82) is 0 Å². The lowest BCUT2D eigenvalue weighted by Gasteiger charge is -2.18. The van der Waals surface area contributed by atoms with Crippen LogP contribution in [-0.2, 0) is 20.6 Å². The quantitative estimate of drug-likeness (QED) is 0.588. The zero-order chi connectivity index (χ0) is 14.9. The lowest BCUT2D eigenvalue weighted by Crippen LogP contribution is -2.14. The Labute approximate surface area is 125 Å². The molecule has 1 aliphatic rings. The molecule has 0 amide bonds. The van der Waals surface area contributed by atoms with Crippen LogP contribution in [0.5, 0.6) is 0 Å². The topological polar surface area (TPSA) is 56.8 Å². The number of rotatable bonds is 8. The molecule has 0 atom stereocenters. The molecule has 0 fully saturated rings. The second-order valence-electron chi connectivity index (χ2n) is 5.00. The summed E-state index contributed by atoms with van der Waals surface area (Å²) in [6.45, 7) is 3.11. The molecule has 0 spiro atoms. The number of nitrogens with one attached hydrogen (secondary N) is 1. The van der Waals surface area contributed by atoms with Crippen LogP contribution in [0.1, 0.15) is 28.8 Å². The largest absolute Gasteiger partial charge is 0.462 e. The minimum atomic E-state index is -0.264. The molecule has 0 aromatic heterocycles. The Bertz CT molecular complexity index is 462. The summed E-state index contributed by atoms with van der Waals surface area (Å²) in [6.07, 6.45) is 2.81. The van der Waals surface area contributed by atoms with Gasteiger partial charge in [0.25, 0.3) is 0 Å². The van der Waals surface area contributed by atoms with Crippen molar-refractivity contribution in [2.24, 2.45) is 0 Å². The zero-order valence-electron chi connectivity index (χ0n) is 12.5. The van der Waals surface area contributed by atoms with Crippen molar-refractivity contribution in [2.75, 3.05) is 45.4 Å². The summed E-state index contributed by atoms with van der Waals surface area (Å²) in [7, 11) is 1.64. The summed E-state index contributed by atoms with van der Waals surface area (Å²) >= 11 is 0. The SMILES string of the molecule is COCCOCCCOC(=O)c1ccc2c(c1)CCCN2. The molecule has 0 saturated carbocycles. The van der Waals surface area contributed by atoms with Gasteiger partial charge in [-0.1, -0.05) is 0 Å². The minimum absolute atomic E-state index is 0.264. The Hall–Kier alpha value is -1.59. The van der Waals surface area contributed by atoms with Crippen molar-refractivity contribution in [3.63, 3.8) is 0 Å². The van der Waals surface area contributed by atoms with E-state index in [1.165, 1.54) is 5.56 Å². The summed E-state index contributed by atoms with van der Waals surface area (Å²) < 4.78 is 15.4. The third-order valence-corrected chi connectivity index (χ3v) is 3.38. The number of aryl methyl sites for hydroxylation is 1. The van der Waals surface area contributed by atoms with Gasteiger partial charge in [-0.05, 0) is 36.6 Å². The second-order valence-corrected chi connectivity index (χ2v) is 5.00. The Morgan fingerprint density at radius 2 is 2.14 bits per heavy atom. The molecule has 5 nitrogen and oxygen atoms in total. The Kier molecular flexibility index (Phi) is 6.50. The molecule has 0 aliphatic carbocycles. The number of anilines is 1. The maximum Gasteiger partial charge on any atom is 0.338 e. The first-order chi connectivity index (χ1) is 10.3. The summed E-state index contributed by atoms with van der Waals surface area (Å²) in [4.78, 5) is 12.0.